The van der Waals surface area contributed by atoms with Gasteiger partial charge in [-0.3, -0.25) is 0 Å². The van der Waals surface area contributed by atoms with Crippen molar-refractivity contribution < 1.29 is 28.7 Å². The molecule has 0 aliphatic heterocycles. The molecule has 0 unspecified atom stereocenters. The molecule has 0 aromatic heterocycles. The van der Waals surface area contributed by atoms with Crippen LogP contribution in [0.3, 0.4) is 0 Å². The van der Waals surface area contributed by atoms with Crippen molar-refractivity contribution in [2.45, 2.75) is 52.6 Å². The smallest absolute Gasteiger partial charge is 0.330 e. The Labute approximate surface area is 191 Å². The quantitative estimate of drug-likeness (QED) is 0.280. The van der Waals surface area contributed by atoms with Crippen molar-refractivity contribution in [2.24, 2.45) is 0 Å². The standard InChI is InChI=1S/C22H38N4O6/c1-9-17(27)31-15-11-23-19(29)25(21(3,4)5)13-14-26(22(6,7)8)20(30)24-12-16-32-18(28)10-2/h9-10H,1-2,11-16H2,3-8H3,(H,23,29)(H,24,30). The predicted molar refractivity (Wildman–Crippen MR) is 122 cm³/mol. The van der Waals surface area contributed by atoms with Crippen molar-refractivity contribution in [3.63, 3.8) is 0 Å². The lowest BCUT2D eigenvalue weighted by Crippen LogP contribution is -2.57. The van der Waals surface area contributed by atoms with Crippen LogP contribution in [0.1, 0.15) is 41.5 Å². The lowest BCUT2D eigenvalue weighted by molar-refractivity contribution is -0.138. The molecule has 0 aromatic rings. The normalized spacial score (nSPS) is 11.1. The first-order chi connectivity index (χ1) is 14.7. The van der Waals surface area contributed by atoms with Crippen LogP contribution in [0, 0.1) is 0 Å². The Morgan fingerprint density at radius 3 is 1.28 bits per heavy atom. The summed E-state index contributed by atoms with van der Waals surface area (Å²) in [5, 5.41) is 5.44. The third-order valence-electron chi connectivity index (χ3n) is 4.24. The molecule has 0 atom stereocenters. The van der Waals surface area contributed by atoms with Gasteiger partial charge < -0.3 is 29.9 Å². The number of carbonyl (C=O) groups is 4. The summed E-state index contributed by atoms with van der Waals surface area (Å²) in [5.41, 5.74) is -1.03. The van der Waals surface area contributed by atoms with Gasteiger partial charge in [0, 0.05) is 36.3 Å². The molecule has 0 aliphatic carbocycles. The Hall–Kier alpha value is -3.04. The maximum Gasteiger partial charge on any atom is 0.330 e. The van der Waals surface area contributed by atoms with E-state index in [1.54, 1.807) is 9.80 Å². The number of nitrogens with zero attached hydrogens (tertiary/aromatic N) is 2. The summed E-state index contributed by atoms with van der Waals surface area (Å²) >= 11 is 0. The van der Waals surface area contributed by atoms with E-state index >= 15 is 0 Å². The van der Waals surface area contributed by atoms with Crippen molar-refractivity contribution >= 4 is 24.0 Å². The van der Waals surface area contributed by atoms with Gasteiger partial charge in [-0.1, -0.05) is 13.2 Å². The maximum absolute atomic E-state index is 12.7. The number of hydrogen-bond donors (Lipinski definition) is 2. The van der Waals surface area contributed by atoms with Crippen LogP contribution in [0.2, 0.25) is 0 Å². The van der Waals surface area contributed by atoms with E-state index < -0.39 is 23.0 Å². The van der Waals surface area contributed by atoms with Crippen LogP contribution in [0.5, 0.6) is 0 Å². The van der Waals surface area contributed by atoms with E-state index in [-0.39, 0.29) is 51.5 Å². The van der Waals surface area contributed by atoms with Gasteiger partial charge in [0.25, 0.3) is 0 Å². The fourth-order valence-corrected chi connectivity index (χ4v) is 2.61. The molecule has 0 aliphatic rings. The van der Waals surface area contributed by atoms with Gasteiger partial charge in [-0.2, -0.15) is 0 Å². The van der Waals surface area contributed by atoms with Crippen LogP contribution >= 0.6 is 0 Å². The van der Waals surface area contributed by atoms with Gasteiger partial charge in [-0.05, 0) is 41.5 Å². The first-order valence-corrected chi connectivity index (χ1v) is 10.4. The first kappa shape index (κ1) is 29.0. The third-order valence-corrected chi connectivity index (χ3v) is 4.24. The molecule has 0 saturated carbocycles. The average molecular weight is 455 g/mol. The number of amides is 4. The topological polar surface area (TPSA) is 117 Å². The van der Waals surface area contributed by atoms with E-state index in [9.17, 15) is 19.2 Å². The van der Waals surface area contributed by atoms with Gasteiger partial charge in [0.15, 0.2) is 0 Å². The Morgan fingerprint density at radius 2 is 1.03 bits per heavy atom. The molecule has 10 heteroatoms. The van der Waals surface area contributed by atoms with Crippen LogP contribution in [-0.4, -0.2) is 84.3 Å². The van der Waals surface area contributed by atoms with Crippen LogP contribution in [-0.2, 0) is 19.1 Å². The van der Waals surface area contributed by atoms with Crippen LogP contribution in [0.15, 0.2) is 25.3 Å². The highest BCUT2D eigenvalue weighted by Crippen LogP contribution is 2.17. The number of urea groups is 2. The van der Waals surface area contributed by atoms with Crippen molar-refractivity contribution in [2.75, 3.05) is 39.4 Å². The number of esters is 2. The lowest BCUT2D eigenvalue weighted by Gasteiger charge is -2.40. The van der Waals surface area contributed by atoms with Gasteiger partial charge >= 0.3 is 24.0 Å². The highest BCUT2D eigenvalue weighted by atomic mass is 16.5. The zero-order valence-corrected chi connectivity index (χ0v) is 20.2. The van der Waals surface area contributed by atoms with Crippen molar-refractivity contribution in [3.05, 3.63) is 25.3 Å². The fourth-order valence-electron chi connectivity index (χ4n) is 2.61. The number of ether oxygens (including phenoxy) is 2. The SMILES string of the molecule is C=CC(=O)OCCNC(=O)N(CCN(C(=O)NCCOC(=O)C=C)C(C)(C)C)C(C)(C)C. The van der Waals surface area contributed by atoms with Crippen LogP contribution in [0.25, 0.3) is 0 Å². The molecular weight excluding hydrogens is 416 g/mol. The molecule has 32 heavy (non-hydrogen) atoms. The number of nitrogens with one attached hydrogen (secondary N) is 2. The second-order valence-electron chi connectivity index (χ2n) is 8.85. The molecule has 0 aromatic carbocycles. The summed E-state index contributed by atoms with van der Waals surface area (Å²) in [6.45, 7) is 18.9. The van der Waals surface area contributed by atoms with E-state index in [0.717, 1.165) is 12.2 Å². The Morgan fingerprint density at radius 1 is 0.719 bits per heavy atom. The average Bonchev–Trinajstić information content (AvgIpc) is 2.68. The van der Waals surface area contributed by atoms with Crippen LogP contribution < -0.4 is 10.6 Å². The van der Waals surface area contributed by atoms with Crippen LogP contribution in [0.4, 0.5) is 9.59 Å². The monoisotopic (exact) mass is 454 g/mol. The molecule has 0 spiro atoms. The summed E-state index contributed by atoms with van der Waals surface area (Å²) in [6.07, 6.45) is 2.11. The largest absolute Gasteiger partial charge is 0.461 e. The fraction of sp³-hybridized carbons (Fsp3) is 0.636. The number of hydrogen-bond acceptors (Lipinski definition) is 6. The number of carbonyl (C=O) groups excluding carboxylic acids is 4. The minimum Gasteiger partial charge on any atom is -0.461 e. The molecule has 0 heterocycles. The molecule has 0 bridgehead atoms. The van der Waals surface area contributed by atoms with Crippen molar-refractivity contribution in [3.8, 4) is 0 Å². The second kappa shape index (κ2) is 13.4. The van der Waals surface area contributed by atoms with E-state index in [1.165, 1.54) is 0 Å². The summed E-state index contributed by atoms with van der Waals surface area (Å²) in [7, 11) is 0. The number of rotatable bonds is 11. The van der Waals surface area contributed by atoms with Gasteiger partial charge in [0.2, 0.25) is 0 Å². The third kappa shape index (κ3) is 11.4. The van der Waals surface area contributed by atoms with Gasteiger partial charge in [0.1, 0.15) is 13.2 Å². The van der Waals surface area contributed by atoms with Crippen molar-refractivity contribution in [1.82, 2.24) is 20.4 Å². The Balaban J connectivity index is 4.97. The molecule has 0 saturated heterocycles. The summed E-state index contributed by atoms with van der Waals surface area (Å²) in [5.74, 6) is -1.11. The maximum atomic E-state index is 12.7. The Kier molecular flexibility index (Phi) is 12.1. The molecule has 10 nitrogen and oxygen atoms in total. The molecule has 4 amide bonds. The van der Waals surface area contributed by atoms with Gasteiger partial charge in [-0.25, -0.2) is 19.2 Å². The minimum atomic E-state index is -0.557. The lowest BCUT2D eigenvalue weighted by atomic mass is 10.0. The first-order valence-electron chi connectivity index (χ1n) is 10.4. The zero-order valence-electron chi connectivity index (χ0n) is 20.2. The predicted octanol–water partition coefficient (Wildman–Crippen LogP) is 2.06. The van der Waals surface area contributed by atoms with E-state index in [1.807, 2.05) is 41.5 Å². The highest BCUT2D eigenvalue weighted by Gasteiger charge is 2.31. The molecule has 2 N–H and O–H groups in total. The van der Waals surface area contributed by atoms with Gasteiger partial charge in [0.05, 0.1) is 13.1 Å². The van der Waals surface area contributed by atoms with Crippen molar-refractivity contribution in [1.29, 1.82) is 0 Å². The molecule has 0 radical (unpaired) electrons. The Bertz CT molecular complexity index is 621. The summed E-state index contributed by atoms with van der Waals surface area (Å²) < 4.78 is 9.72. The summed E-state index contributed by atoms with van der Waals surface area (Å²) in [6, 6.07) is -0.671. The zero-order chi connectivity index (χ0) is 24.9. The minimum absolute atomic E-state index is 0.0293. The van der Waals surface area contributed by atoms with E-state index in [0.29, 0.717) is 0 Å². The molecular formula is C22H38N4O6. The van der Waals surface area contributed by atoms with Gasteiger partial charge in [-0.15, -0.1) is 0 Å². The van der Waals surface area contributed by atoms with E-state index in [2.05, 4.69) is 23.8 Å². The molecule has 0 fully saturated rings. The summed E-state index contributed by atoms with van der Waals surface area (Å²) in [4.78, 5) is 50.8. The molecule has 182 valence electrons. The highest BCUT2D eigenvalue weighted by molar-refractivity contribution is 5.81. The van der Waals surface area contributed by atoms with E-state index in [4.69, 9.17) is 9.47 Å². The second-order valence-corrected chi connectivity index (χ2v) is 8.85. The molecule has 0 rings (SSSR count).